The van der Waals surface area contributed by atoms with Gasteiger partial charge in [-0.05, 0) is 45.4 Å². The molecule has 0 saturated carbocycles. The number of hydrogen-bond acceptors (Lipinski definition) is 3. The van der Waals surface area contributed by atoms with Gasteiger partial charge in [0.1, 0.15) is 0 Å². The molecular weight excluding hydrogens is 250 g/mol. The molecule has 2 aliphatic rings. The zero-order valence-electron chi connectivity index (χ0n) is 12.7. The maximum absolute atomic E-state index is 12.0. The number of nitrogens with one attached hydrogen (secondary N) is 2. The molecule has 1 amide bonds. The van der Waals surface area contributed by atoms with E-state index in [1.165, 1.54) is 5.69 Å². The van der Waals surface area contributed by atoms with Crippen molar-refractivity contribution in [1.82, 2.24) is 5.32 Å². The lowest BCUT2D eigenvalue weighted by atomic mass is 9.86. The summed E-state index contributed by atoms with van der Waals surface area (Å²) in [6.45, 7) is 11.4. The molecular formula is C16H23N3O. The van der Waals surface area contributed by atoms with Crippen molar-refractivity contribution in [1.29, 1.82) is 0 Å². The van der Waals surface area contributed by atoms with Gasteiger partial charge in [0.2, 0.25) is 5.91 Å². The highest BCUT2D eigenvalue weighted by atomic mass is 16.2. The highest BCUT2D eigenvalue weighted by Crippen LogP contribution is 2.39. The molecule has 1 fully saturated rings. The SMILES string of the molecule is CC1(C)CN(c2ccc3c(c2)NC(=O)C3(C)C)CCN1. The van der Waals surface area contributed by atoms with E-state index < -0.39 is 5.41 Å². The van der Waals surface area contributed by atoms with Gasteiger partial charge in [-0.2, -0.15) is 0 Å². The smallest absolute Gasteiger partial charge is 0.234 e. The Kier molecular flexibility index (Phi) is 2.83. The number of rotatable bonds is 1. The number of carbonyl (C=O) groups excluding carboxylic acids is 1. The van der Waals surface area contributed by atoms with Gasteiger partial charge in [-0.1, -0.05) is 6.07 Å². The third kappa shape index (κ3) is 2.08. The van der Waals surface area contributed by atoms with Crippen LogP contribution in [0.25, 0.3) is 0 Å². The first-order valence-corrected chi connectivity index (χ1v) is 7.26. The van der Waals surface area contributed by atoms with Crippen molar-refractivity contribution in [2.75, 3.05) is 29.9 Å². The van der Waals surface area contributed by atoms with E-state index in [4.69, 9.17) is 0 Å². The first-order valence-electron chi connectivity index (χ1n) is 7.26. The number of fused-ring (bicyclic) bond motifs is 1. The van der Waals surface area contributed by atoms with Crippen molar-refractivity contribution in [3.63, 3.8) is 0 Å². The molecule has 0 aliphatic carbocycles. The highest BCUT2D eigenvalue weighted by Gasteiger charge is 2.38. The maximum atomic E-state index is 12.0. The van der Waals surface area contributed by atoms with Crippen molar-refractivity contribution in [3.05, 3.63) is 23.8 Å². The van der Waals surface area contributed by atoms with Crippen LogP contribution in [0.5, 0.6) is 0 Å². The number of piperazine rings is 1. The van der Waals surface area contributed by atoms with Crippen LogP contribution >= 0.6 is 0 Å². The molecule has 1 aromatic carbocycles. The summed E-state index contributed by atoms with van der Waals surface area (Å²) in [7, 11) is 0. The normalized spacial score (nSPS) is 23.4. The van der Waals surface area contributed by atoms with E-state index in [0.717, 1.165) is 30.9 Å². The molecule has 4 heteroatoms. The summed E-state index contributed by atoms with van der Waals surface area (Å²) in [5, 5.41) is 6.53. The summed E-state index contributed by atoms with van der Waals surface area (Å²) < 4.78 is 0. The Morgan fingerprint density at radius 2 is 1.95 bits per heavy atom. The molecule has 0 unspecified atom stereocenters. The topological polar surface area (TPSA) is 44.4 Å². The number of benzene rings is 1. The van der Waals surface area contributed by atoms with Crippen LogP contribution < -0.4 is 15.5 Å². The predicted octanol–water partition coefficient (Wildman–Crippen LogP) is 2.10. The maximum Gasteiger partial charge on any atom is 0.234 e. The van der Waals surface area contributed by atoms with Crippen molar-refractivity contribution in [2.45, 2.75) is 38.6 Å². The molecule has 0 atom stereocenters. The second-order valence-electron chi connectivity index (χ2n) is 7.04. The summed E-state index contributed by atoms with van der Waals surface area (Å²) in [6, 6.07) is 6.35. The van der Waals surface area contributed by atoms with Crippen LogP contribution in [0.3, 0.4) is 0 Å². The standard InChI is InChI=1S/C16H23N3O/c1-15(2)10-19(8-7-17-15)11-5-6-12-13(9-11)18-14(20)16(12,3)4/h5-6,9,17H,7-8,10H2,1-4H3,(H,18,20). The predicted molar refractivity (Wildman–Crippen MR) is 82.4 cm³/mol. The minimum absolute atomic E-state index is 0.0882. The quantitative estimate of drug-likeness (QED) is 0.823. The summed E-state index contributed by atoms with van der Waals surface area (Å²) in [5.41, 5.74) is 2.96. The molecule has 108 valence electrons. The Bertz CT molecular complexity index is 563. The lowest BCUT2D eigenvalue weighted by Crippen LogP contribution is -2.57. The average Bonchev–Trinajstić information content (AvgIpc) is 2.58. The Morgan fingerprint density at radius 1 is 1.20 bits per heavy atom. The molecule has 0 aromatic heterocycles. The molecule has 1 saturated heterocycles. The van der Waals surface area contributed by atoms with Crippen LogP contribution in [0.2, 0.25) is 0 Å². The van der Waals surface area contributed by atoms with Crippen LogP contribution in [0.15, 0.2) is 18.2 Å². The number of anilines is 2. The van der Waals surface area contributed by atoms with E-state index in [1.54, 1.807) is 0 Å². The number of hydrogen-bond donors (Lipinski definition) is 2. The first-order chi connectivity index (χ1) is 9.29. The van der Waals surface area contributed by atoms with Gasteiger partial charge in [0.15, 0.2) is 0 Å². The summed E-state index contributed by atoms with van der Waals surface area (Å²) in [4.78, 5) is 14.4. The fourth-order valence-corrected chi connectivity index (χ4v) is 3.14. The minimum atomic E-state index is -0.420. The van der Waals surface area contributed by atoms with Crippen molar-refractivity contribution >= 4 is 17.3 Å². The van der Waals surface area contributed by atoms with E-state index in [-0.39, 0.29) is 11.4 Å². The van der Waals surface area contributed by atoms with E-state index in [2.05, 4.69) is 47.6 Å². The van der Waals surface area contributed by atoms with Gasteiger partial charge in [-0.3, -0.25) is 4.79 Å². The van der Waals surface area contributed by atoms with E-state index in [1.807, 2.05) is 13.8 Å². The Hall–Kier alpha value is -1.55. The third-order valence-electron chi connectivity index (χ3n) is 4.43. The largest absolute Gasteiger partial charge is 0.368 e. The van der Waals surface area contributed by atoms with Crippen LogP contribution in [0, 0.1) is 0 Å². The second kappa shape index (κ2) is 4.22. The van der Waals surface area contributed by atoms with Gasteiger partial charge in [-0.15, -0.1) is 0 Å². The van der Waals surface area contributed by atoms with Crippen LogP contribution in [-0.4, -0.2) is 31.1 Å². The molecule has 3 rings (SSSR count). The van der Waals surface area contributed by atoms with Crippen molar-refractivity contribution < 1.29 is 4.79 Å². The second-order valence-corrected chi connectivity index (χ2v) is 7.04. The third-order valence-corrected chi connectivity index (χ3v) is 4.43. The van der Waals surface area contributed by atoms with Crippen LogP contribution in [0.1, 0.15) is 33.3 Å². The van der Waals surface area contributed by atoms with E-state index >= 15 is 0 Å². The van der Waals surface area contributed by atoms with Gasteiger partial charge in [0.25, 0.3) is 0 Å². The Morgan fingerprint density at radius 3 is 2.65 bits per heavy atom. The first kappa shape index (κ1) is 13.4. The molecule has 2 aliphatic heterocycles. The zero-order chi connectivity index (χ0) is 14.5. The lowest BCUT2D eigenvalue weighted by Gasteiger charge is -2.40. The van der Waals surface area contributed by atoms with Crippen LogP contribution in [0.4, 0.5) is 11.4 Å². The van der Waals surface area contributed by atoms with E-state index in [0.29, 0.717) is 0 Å². The Labute approximate surface area is 120 Å². The molecule has 0 radical (unpaired) electrons. The van der Waals surface area contributed by atoms with Crippen molar-refractivity contribution in [3.8, 4) is 0 Å². The van der Waals surface area contributed by atoms with Crippen LogP contribution in [-0.2, 0) is 10.2 Å². The molecule has 1 aromatic rings. The minimum Gasteiger partial charge on any atom is -0.368 e. The fourth-order valence-electron chi connectivity index (χ4n) is 3.14. The molecule has 0 spiro atoms. The molecule has 0 bridgehead atoms. The summed E-state index contributed by atoms with van der Waals surface area (Å²) in [6.07, 6.45) is 0. The number of amides is 1. The monoisotopic (exact) mass is 273 g/mol. The van der Waals surface area contributed by atoms with Gasteiger partial charge in [0.05, 0.1) is 5.41 Å². The molecule has 2 heterocycles. The van der Waals surface area contributed by atoms with Gasteiger partial charge >= 0.3 is 0 Å². The molecule has 4 nitrogen and oxygen atoms in total. The van der Waals surface area contributed by atoms with Crippen molar-refractivity contribution in [2.24, 2.45) is 0 Å². The van der Waals surface area contributed by atoms with E-state index in [9.17, 15) is 4.79 Å². The van der Waals surface area contributed by atoms with Gasteiger partial charge < -0.3 is 15.5 Å². The molecule has 20 heavy (non-hydrogen) atoms. The molecule has 2 N–H and O–H groups in total. The number of carbonyl (C=O) groups is 1. The summed E-state index contributed by atoms with van der Waals surface area (Å²) in [5.74, 6) is 0.0882. The highest BCUT2D eigenvalue weighted by molar-refractivity contribution is 6.06. The fraction of sp³-hybridized carbons (Fsp3) is 0.562. The average molecular weight is 273 g/mol. The Balaban J connectivity index is 1.91. The van der Waals surface area contributed by atoms with Gasteiger partial charge in [0, 0.05) is 36.5 Å². The lowest BCUT2D eigenvalue weighted by molar-refractivity contribution is -0.119. The van der Waals surface area contributed by atoms with Gasteiger partial charge in [-0.25, -0.2) is 0 Å². The zero-order valence-corrected chi connectivity index (χ0v) is 12.7. The number of nitrogens with zero attached hydrogens (tertiary/aromatic N) is 1. The summed E-state index contributed by atoms with van der Waals surface area (Å²) >= 11 is 0.